The second kappa shape index (κ2) is 5.77. The van der Waals surface area contributed by atoms with Gasteiger partial charge >= 0.3 is 5.69 Å². The van der Waals surface area contributed by atoms with Gasteiger partial charge in [0, 0.05) is 35.6 Å². The number of nitrogens with one attached hydrogen (secondary N) is 2. The SMILES string of the molecule is Cc1ncc(Cc2c(S(=O)(=O)NC3(C)CC3)ccc3[nH]c(=O)n(C)c23)s1. The second-order valence-electron chi connectivity index (χ2n) is 7.12. The third kappa shape index (κ3) is 3.00. The van der Waals surface area contributed by atoms with Crippen LogP contribution >= 0.6 is 11.3 Å². The van der Waals surface area contributed by atoms with Gasteiger partial charge in [-0.25, -0.2) is 22.9 Å². The van der Waals surface area contributed by atoms with Crippen molar-refractivity contribution in [3.05, 3.63) is 44.3 Å². The Labute approximate surface area is 155 Å². The van der Waals surface area contributed by atoms with Gasteiger partial charge in [0.05, 0.1) is 20.9 Å². The highest BCUT2D eigenvalue weighted by molar-refractivity contribution is 7.89. The van der Waals surface area contributed by atoms with Crippen LogP contribution in [0.3, 0.4) is 0 Å². The summed E-state index contributed by atoms with van der Waals surface area (Å²) in [5.74, 6) is 0. The van der Waals surface area contributed by atoms with Crippen molar-refractivity contribution in [2.24, 2.45) is 7.05 Å². The number of imidazole rings is 1. The van der Waals surface area contributed by atoms with E-state index in [2.05, 4.69) is 14.7 Å². The van der Waals surface area contributed by atoms with E-state index in [9.17, 15) is 13.2 Å². The van der Waals surface area contributed by atoms with E-state index in [1.54, 1.807) is 25.4 Å². The number of hydrogen-bond acceptors (Lipinski definition) is 5. The summed E-state index contributed by atoms with van der Waals surface area (Å²) in [6.45, 7) is 3.81. The van der Waals surface area contributed by atoms with Crippen molar-refractivity contribution in [1.82, 2.24) is 19.3 Å². The normalized spacial score (nSPS) is 16.3. The number of rotatable bonds is 5. The molecule has 2 aromatic heterocycles. The van der Waals surface area contributed by atoms with E-state index in [-0.39, 0.29) is 16.1 Å². The number of aromatic amines is 1. The zero-order valence-corrected chi connectivity index (χ0v) is 16.4. The van der Waals surface area contributed by atoms with Crippen LogP contribution in [0.15, 0.2) is 28.0 Å². The molecule has 3 aromatic rings. The monoisotopic (exact) mass is 392 g/mol. The standard InChI is InChI=1S/C17H20N4O3S2/c1-10-18-9-11(25-10)8-12-14(26(23,24)20-17(2)6-7-17)5-4-13-15(12)21(3)16(22)19-13/h4-5,9,20H,6-8H2,1-3H3,(H,19,22). The summed E-state index contributed by atoms with van der Waals surface area (Å²) >= 11 is 1.52. The Morgan fingerprint density at radius 1 is 1.38 bits per heavy atom. The van der Waals surface area contributed by atoms with E-state index in [0.717, 1.165) is 22.7 Å². The molecule has 1 fully saturated rings. The molecule has 1 aliphatic carbocycles. The Morgan fingerprint density at radius 3 is 2.73 bits per heavy atom. The van der Waals surface area contributed by atoms with Crippen LogP contribution in [0.1, 0.15) is 35.2 Å². The van der Waals surface area contributed by atoms with Gasteiger partial charge in [-0.2, -0.15) is 0 Å². The van der Waals surface area contributed by atoms with Gasteiger partial charge in [-0.3, -0.25) is 4.57 Å². The molecular weight excluding hydrogens is 372 g/mol. The average Bonchev–Trinajstić information content (AvgIpc) is 2.98. The van der Waals surface area contributed by atoms with Crippen molar-refractivity contribution >= 4 is 32.4 Å². The van der Waals surface area contributed by atoms with Crippen LogP contribution in [0.4, 0.5) is 0 Å². The second-order valence-corrected chi connectivity index (χ2v) is 10.1. The molecule has 0 saturated heterocycles. The summed E-state index contributed by atoms with van der Waals surface area (Å²) in [4.78, 5) is 20.3. The van der Waals surface area contributed by atoms with Gasteiger partial charge in [0.15, 0.2) is 0 Å². The van der Waals surface area contributed by atoms with E-state index in [1.807, 2.05) is 13.8 Å². The molecule has 26 heavy (non-hydrogen) atoms. The minimum atomic E-state index is -3.69. The molecule has 4 rings (SSSR count). The fourth-order valence-electron chi connectivity index (χ4n) is 3.16. The Bertz CT molecular complexity index is 1170. The molecule has 7 nitrogen and oxygen atoms in total. The largest absolute Gasteiger partial charge is 0.326 e. The minimum absolute atomic E-state index is 0.221. The summed E-state index contributed by atoms with van der Waals surface area (Å²) in [6, 6.07) is 3.23. The van der Waals surface area contributed by atoms with E-state index in [4.69, 9.17) is 0 Å². The highest BCUT2D eigenvalue weighted by Crippen LogP contribution is 2.37. The van der Waals surface area contributed by atoms with Gasteiger partial charge in [0.2, 0.25) is 10.0 Å². The van der Waals surface area contributed by atoms with Crippen LogP contribution in [-0.4, -0.2) is 28.5 Å². The molecule has 0 radical (unpaired) electrons. The van der Waals surface area contributed by atoms with Gasteiger partial charge < -0.3 is 4.98 Å². The molecular formula is C17H20N4O3S2. The lowest BCUT2D eigenvalue weighted by Crippen LogP contribution is -2.34. The number of nitrogens with zero attached hydrogens (tertiary/aromatic N) is 2. The highest BCUT2D eigenvalue weighted by Gasteiger charge is 2.42. The number of hydrogen-bond donors (Lipinski definition) is 2. The molecule has 138 valence electrons. The molecule has 0 atom stereocenters. The van der Waals surface area contributed by atoms with Crippen molar-refractivity contribution in [3.8, 4) is 0 Å². The number of H-pyrrole nitrogens is 1. The molecule has 9 heteroatoms. The summed E-state index contributed by atoms with van der Waals surface area (Å²) in [6.07, 6.45) is 3.83. The zero-order chi connectivity index (χ0) is 18.7. The number of fused-ring (bicyclic) bond motifs is 1. The average molecular weight is 393 g/mol. The maximum Gasteiger partial charge on any atom is 0.326 e. The maximum atomic E-state index is 13.0. The van der Waals surface area contributed by atoms with Gasteiger partial charge in [-0.05, 0) is 38.8 Å². The summed E-state index contributed by atoms with van der Waals surface area (Å²) in [7, 11) is -2.05. The molecule has 0 amide bonds. The van der Waals surface area contributed by atoms with Gasteiger partial charge in [0.25, 0.3) is 0 Å². The van der Waals surface area contributed by atoms with E-state index in [0.29, 0.717) is 23.0 Å². The first-order valence-electron chi connectivity index (χ1n) is 8.34. The van der Waals surface area contributed by atoms with Gasteiger partial charge in [-0.15, -0.1) is 11.3 Å². The van der Waals surface area contributed by atoms with Crippen molar-refractivity contribution in [2.75, 3.05) is 0 Å². The molecule has 0 unspecified atom stereocenters. The summed E-state index contributed by atoms with van der Waals surface area (Å²) < 4.78 is 30.4. The lowest BCUT2D eigenvalue weighted by molar-refractivity contribution is 0.557. The number of aryl methyl sites for hydroxylation is 2. The van der Waals surface area contributed by atoms with E-state index in [1.165, 1.54) is 15.9 Å². The van der Waals surface area contributed by atoms with Crippen LogP contribution in [0, 0.1) is 6.92 Å². The molecule has 1 saturated carbocycles. The Morgan fingerprint density at radius 2 is 2.12 bits per heavy atom. The van der Waals surface area contributed by atoms with Crippen LogP contribution in [0.2, 0.25) is 0 Å². The maximum absolute atomic E-state index is 13.0. The molecule has 2 heterocycles. The Kier molecular flexibility index (Phi) is 3.87. The fourth-order valence-corrected chi connectivity index (χ4v) is 5.67. The number of aromatic nitrogens is 3. The molecule has 0 aliphatic heterocycles. The first kappa shape index (κ1) is 17.4. The molecule has 1 aliphatic rings. The van der Waals surface area contributed by atoms with Gasteiger partial charge in [-0.1, -0.05) is 0 Å². The van der Waals surface area contributed by atoms with E-state index < -0.39 is 10.0 Å². The van der Waals surface area contributed by atoms with Crippen molar-refractivity contribution < 1.29 is 8.42 Å². The summed E-state index contributed by atoms with van der Waals surface area (Å²) in [5, 5.41) is 0.920. The third-order valence-electron chi connectivity index (χ3n) is 4.81. The van der Waals surface area contributed by atoms with Crippen LogP contribution in [0.25, 0.3) is 11.0 Å². The topological polar surface area (TPSA) is 96.8 Å². The molecule has 0 spiro atoms. The van der Waals surface area contributed by atoms with Crippen molar-refractivity contribution in [2.45, 2.75) is 43.5 Å². The third-order valence-corrected chi connectivity index (χ3v) is 7.45. The molecule has 2 N–H and O–H groups in total. The molecule has 1 aromatic carbocycles. The Hall–Kier alpha value is -1.97. The zero-order valence-electron chi connectivity index (χ0n) is 14.8. The van der Waals surface area contributed by atoms with Crippen LogP contribution in [0.5, 0.6) is 0 Å². The highest BCUT2D eigenvalue weighted by atomic mass is 32.2. The van der Waals surface area contributed by atoms with Crippen molar-refractivity contribution in [3.63, 3.8) is 0 Å². The fraction of sp³-hybridized carbons (Fsp3) is 0.412. The number of sulfonamides is 1. The van der Waals surface area contributed by atoms with Crippen LogP contribution in [-0.2, 0) is 23.5 Å². The van der Waals surface area contributed by atoms with Crippen LogP contribution < -0.4 is 10.4 Å². The first-order chi connectivity index (χ1) is 12.2. The number of thiazole rings is 1. The van der Waals surface area contributed by atoms with Crippen molar-refractivity contribution in [1.29, 1.82) is 0 Å². The summed E-state index contributed by atoms with van der Waals surface area (Å²) in [5.41, 5.74) is 1.23. The number of benzene rings is 1. The Balaban J connectivity index is 1.92. The quantitative estimate of drug-likeness (QED) is 0.694. The lowest BCUT2D eigenvalue weighted by Gasteiger charge is -2.16. The molecule has 0 bridgehead atoms. The van der Waals surface area contributed by atoms with E-state index >= 15 is 0 Å². The predicted octanol–water partition coefficient (Wildman–Crippen LogP) is 2.05. The van der Waals surface area contributed by atoms with Gasteiger partial charge in [0.1, 0.15) is 0 Å². The first-order valence-corrected chi connectivity index (χ1v) is 10.6. The smallest absolute Gasteiger partial charge is 0.306 e. The lowest BCUT2D eigenvalue weighted by atomic mass is 10.1. The minimum Gasteiger partial charge on any atom is -0.306 e. The predicted molar refractivity (Wildman–Crippen MR) is 101 cm³/mol.